The average Bonchev–Trinajstić information content (AvgIpc) is 3.41. The summed E-state index contributed by atoms with van der Waals surface area (Å²) in [6, 6.07) is 41.7. The van der Waals surface area contributed by atoms with Crippen LogP contribution in [0, 0.1) is 0 Å². The van der Waals surface area contributed by atoms with Gasteiger partial charge in [0.15, 0.2) is 0 Å². The molecule has 5 aromatic carbocycles. The maximum atomic E-state index is 3.70. The minimum Gasteiger partial charge on any atom is -0.354 e. The Bertz CT molecular complexity index is 1990. The first-order chi connectivity index (χ1) is 16.9. The molecule has 0 unspecified atom stereocenters. The van der Waals surface area contributed by atoms with Crippen LogP contribution in [0.4, 0.5) is 0 Å². The van der Waals surface area contributed by atoms with Crippen molar-refractivity contribution in [2.45, 2.75) is 0 Å². The van der Waals surface area contributed by atoms with Crippen LogP contribution in [0.3, 0.4) is 0 Å². The molecule has 0 fully saturated rings. The lowest BCUT2D eigenvalue weighted by Gasteiger charge is -2.09. The third kappa shape index (κ3) is 2.20. The van der Waals surface area contributed by atoms with E-state index in [0.717, 1.165) is 0 Å². The molecule has 0 amide bonds. The molecule has 0 atom stereocenters. The van der Waals surface area contributed by atoms with E-state index in [1.165, 1.54) is 71.4 Å². The summed E-state index contributed by atoms with van der Waals surface area (Å²) in [5, 5.41) is 6.45. The maximum absolute atomic E-state index is 3.70. The van der Waals surface area contributed by atoms with Crippen molar-refractivity contribution in [1.82, 2.24) is 9.38 Å². The lowest BCUT2D eigenvalue weighted by Crippen LogP contribution is -1.90. The van der Waals surface area contributed by atoms with Crippen LogP contribution in [0.15, 0.2) is 115 Å². The molecule has 8 rings (SSSR count). The maximum Gasteiger partial charge on any atom is 0.0642 e. The van der Waals surface area contributed by atoms with Crippen molar-refractivity contribution < 1.29 is 0 Å². The van der Waals surface area contributed by atoms with E-state index in [-0.39, 0.29) is 0 Å². The smallest absolute Gasteiger partial charge is 0.0642 e. The Morgan fingerprint density at radius 3 is 1.97 bits per heavy atom. The zero-order valence-corrected chi connectivity index (χ0v) is 18.4. The largest absolute Gasteiger partial charge is 0.354 e. The van der Waals surface area contributed by atoms with Gasteiger partial charge in [-0.3, -0.25) is 0 Å². The summed E-state index contributed by atoms with van der Waals surface area (Å²) in [6.45, 7) is 0. The SMILES string of the molecule is c1ccc(-c2c(-c3ccccc3)n3c4ccccc4c4cccc5[nH]c6ccc2c3c6c54)cc1. The zero-order valence-electron chi connectivity index (χ0n) is 18.4. The summed E-state index contributed by atoms with van der Waals surface area (Å²) in [4.78, 5) is 3.70. The van der Waals surface area contributed by atoms with Gasteiger partial charge in [-0.05, 0) is 34.7 Å². The number of para-hydroxylation sites is 1. The summed E-state index contributed by atoms with van der Waals surface area (Å²) in [5.41, 5.74) is 9.85. The predicted octanol–water partition coefficient (Wildman–Crippen LogP) is 8.65. The molecular formula is C32H20N2. The molecule has 0 aliphatic heterocycles. The quantitative estimate of drug-likeness (QED) is 0.282. The number of aromatic amines is 1. The van der Waals surface area contributed by atoms with E-state index >= 15 is 0 Å². The summed E-state index contributed by atoms with van der Waals surface area (Å²) >= 11 is 0. The van der Waals surface area contributed by atoms with Crippen LogP contribution >= 0.6 is 0 Å². The first-order valence-corrected chi connectivity index (χ1v) is 11.7. The minimum atomic E-state index is 1.18. The van der Waals surface area contributed by atoms with Gasteiger partial charge in [-0.15, -0.1) is 0 Å². The average molecular weight is 433 g/mol. The molecule has 0 bridgehead atoms. The molecule has 0 saturated heterocycles. The van der Waals surface area contributed by atoms with Gasteiger partial charge >= 0.3 is 0 Å². The van der Waals surface area contributed by atoms with E-state index in [0.29, 0.717) is 0 Å². The highest BCUT2D eigenvalue weighted by Crippen LogP contribution is 2.47. The lowest BCUT2D eigenvalue weighted by molar-refractivity contribution is 1.29. The number of nitrogens with one attached hydrogen (secondary N) is 1. The fraction of sp³-hybridized carbons (Fsp3) is 0. The Balaban J connectivity index is 1.79. The van der Waals surface area contributed by atoms with Crippen LogP contribution in [0.2, 0.25) is 0 Å². The molecule has 8 aromatic rings. The van der Waals surface area contributed by atoms with Crippen molar-refractivity contribution in [3.63, 3.8) is 0 Å². The Morgan fingerprint density at radius 1 is 0.471 bits per heavy atom. The number of hydrogen-bond donors (Lipinski definition) is 1. The van der Waals surface area contributed by atoms with Crippen LogP contribution in [0.1, 0.15) is 0 Å². The monoisotopic (exact) mass is 432 g/mol. The number of rotatable bonds is 2. The molecule has 3 aromatic heterocycles. The van der Waals surface area contributed by atoms with Crippen molar-refractivity contribution in [3.05, 3.63) is 115 Å². The van der Waals surface area contributed by atoms with Gasteiger partial charge in [0.1, 0.15) is 0 Å². The van der Waals surface area contributed by atoms with Gasteiger partial charge in [-0.1, -0.05) is 97.1 Å². The number of H-pyrrole nitrogens is 1. The second kappa shape index (κ2) is 6.49. The first kappa shape index (κ1) is 17.9. The van der Waals surface area contributed by atoms with E-state index < -0.39 is 0 Å². The van der Waals surface area contributed by atoms with E-state index in [9.17, 15) is 0 Å². The summed E-state index contributed by atoms with van der Waals surface area (Å²) in [5.74, 6) is 0. The van der Waals surface area contributed by atoms with E-state index in [4.69, 9.17) is 0 Å². The van der Waals surface area contributed by atoms with E-state index in [1.807, 2.05) is 0 Å². The summed E-state index contributed by atoms with van der Waals surface area (Å²) in [7, 11) is 0. The van der Waals surface area contributed by atoms with Crippen molar-refractivity contribution in [2.75, 3.05) is 0 Å². The van der Waals surface area contributed by atoms with Crippen LogP contribution in [-0.4, -0.2) is 9.38 Å². The van der Waals surface area contributed by atoms with Crippen LogP contribution in [0.25, 0.3) is 71.4 Å². The fourth-order valence-electron chi connectivity index (χ4n) is 5.93. The van der Waals surface area contributed by atoms with Gasteiger partial charge in [0, 0.05) is 38.1 Å². The molecular weight excluding hydrogens is 412 g/mol. The molecule has 0 saturated carbocycles. The molecule has 3 heterocycles. The normalized spacial score (nSPS) is 12.1. The van der Waals surface area contributed by atoms with E-state index in [2.05, 4.69) is 125 Å². The van der Waals surface area contributed by atoms with Crippen LogP contribution < -0.4 is 0 Å². The highest BCUT2D eigenvalue weighted by Gasteiger charge is 2.24. The second-order valence-electron chi connectivity index (χ2n) is 9.05. The Hall–Kier alpha value is -4.56. The van der Waals surface area contributed by atoms with Crippen LogP contribution in [0.5, 0.6) is 0 Å². The molecule has 0 spiro atoms. The first-order valence-electron chi connectivity index (χ1n) is 11.7. The third-order valence-electron chi connectivity index (χ3n) is 7.26. The van der Waals surface area contributed by atoms with Crippen molar-refractivity contribution >= 4 is 49.0 Å². The number of nitrogens with zero attached hydrogens (tertiary/aromatic N) is 1. The fourth-order valence-corrected chi connectivity index (χ4v) is 5.93. The highest BCUT2D eigenvalue weighted by atomic mass is 14.9. The van der Waals surface area contributed by atoms with Crippen molar-refractivity contribution in [1.29, 1.82) is 0 Å². The minimum absolute atomic E-state index is 1.18. The Labute approximate surface area is 196 Å². The molecule has 0 aliphatic carbocycles. The Kier molecular flexibility index (Phi) is 3.42. The standard InChI is InChI=1S/C32H20N2/c1-3-10-20(11-4-1)28-24-18-19-26-30-29-23(15-9-16-25(29)33-26)22-14-7-8-17-27(22)34(32(24)30)31(28)21-12-5-2-6-13-21/h1-19,33H. The van der Waals surface area contributed by atoms with E-state index in [1.54, 1.807) is 0 Å². The zero-order chi connectivity index (χ0) is 22.2. The second-order valence-corrected chi connectivity index (χ2v) is 9.05. The number of fused-ring (bicyclic) bond motifs is 3. The summed E-state index contributed by atoms with van der Waals surface area (Å²) < 4.78 is 2.51. The van der Waals surface area contributed by atoms with Crippen molar-refractivity contribution in [2.24, 2.45) is 0 Å². The number of benzene rings is 5. The summed E-state index contributed by atoms with van der Waals surface area (Å²) in [6.07, 6.45) is 0. The Morgan fingerprint density at radius 2 is 1.15 bits per heavy atom. The van der Waals surface area contributed by atoms with Gasteiger partial charge in [-0.2, -0.15) is 0 Å². The van der Waals surface area contributed by atoms with Gasteiger partial charge in [0.25, 0.3) is 0 Å². The third-order valence-corrected chi connectivity index (χ3v) is 7.26. The molecule has 1 N–H and O–H groups in total. The predicted molar refractivity (Wildman–Crippen MR) is 144 cm³/mol. The molecule has 2 heteroatoms. The number of hydrogen-bond acceptors (Lipinski definition) is 0. The van der Waals surface area contributed by atoms with Gasteiger partial charge < -0.3 is 9.38 Å². The molecule has 158 valence electrons. The molecule has 0 radical (unpaired) electrons. The van der Waals surface area contributed by atoms with Gasteiger partial charge in [0.2, 0.25) is 0 Å². The molecule has 0 aliphatic rings. The highest BCUT2D eigenvalue weighted by molar-refractivity contribution is 6.31. The number of aromatic nitrogens is 2. The lowest BCUT2D eigenvalue weighted by atomic mass is 9.97. The van der Waals surface area contributed by atoms with Gasteiger partial charge in [-0.25, -0.2) is 0 Å². The topological polar surface area (TPSA) is 20.2 Å². The molecule has 34 heavy (non-hydrogen) atoms. The van der Waals surface area contributed by atoms with Gasteiger partial charge in [0.05, 0.1) is 16.7 Å². The van der Waals surface area contributed by atoms with Crippen LogP contribution in [-0.2, 0) is 0 Å². The molecule has 2 nitrogen and oxygen atoms in total. The van der Waals surface area contributed by atoms with Crippen molar-refractivity contribution in [3.8, 4) is 22.4 Å².